The van der Waals surface area contributed by atoms with Crippen molar-refractivity contribution in [3.05, 3.63) is 52.3 Å². The van der Waals surface area contributed by atoms with Gasteiger partial charge in [0.25, 0.3) is 0 Å². The van der Waals surface area contributed by atoms with Crippen molar-refractivity contribution >= 4 is 23.2 Å². The predicted molar refractivity (Wildman–Crippen MR) is 73.4 cm³/mol. The van der Waals surface area contributed by atoms with Crippen LogP contribution in [0, 0.1) is 0 Å². The van der Waals surface area contributed by atoms with Crippen molar-refractivity contribution in [3.63, 3.8) is 0 Å². The highest BCUT2D eigenvalue weighted by atomic mass is 35.5. The Morgan fingerprint density at radius 2 is 1.83 bits per heavy atom. The quantitative estimate of drug-likeness (QED) is 0.918. The van der Waals surface area contributed by atoms with Gasteiger partial charge in [-0.1, -0.05) is 23.2 Å². The number of rotatable bonds is 3. The summed E-state index contributed by atoms with van der Waals surface area (Å²) in [4.78, 5) is 4.21. The smallest absolute Gasteiger partial charge is 0.145 e. The van der Waals surface area contributed by atoms with Crippen LogP contribution in [0.3, 0.4) is 0 Å². The molecule has 0 saturated heterocycles. The zero-order chi connectivity index (χ0) is 13.1. The summed E-state index contributed by atoms with van der Waals surface area (Å²) in [6, 6.07) is 8.63. The van der Waals surface area contributed by atoms with Crippen LogP contribution in [0.1, 0.15) is 18.7 Å². The van der Waals surface area contributed by atoms with Crippen molar-refractivity contribution in [3.8, 4) is 11.5 Å². The standard InChI is InChI=1S/C13H12Cl2N2O/c1-8(16)13-5-3-10(7-17-13)18-9-2-4-11(14)12(15)6-9/h2-8H,16H2,1H3/t8-/m0/s1. The summed E-state index contributed by atoms with van der Waals surface area (Å²) < 4.78 is 5.60. The lowest BCUT2D eigenvalue weighted by Crippen LogP contribution is -2.06. The summed E-state index contributed by atoms with van der Waals surface area (Å²) >= 11 is 11.7. The molecule has 0 fully saturated rings. The van der Waals surface area contributed by atoms with Gasteiger partial charge in [0.1, 0.15) is 11.5 Å². The van der Waals surface area contributed by atoms with Crippen LogP contribution in [0.2, 0.25) is 10.0 Å². The molecule has 1 aromatic heterocycles. The van der Waals surface area contributed by atoms with Crippen molar-refractivity contribution < 1.29 is 4.74 Å². The van der Waals surface area contributed by atoms with Gasteiger partial charge in [0, 0.05) is 12.1 Å². The molecule has 2 rings (SSSR count). The molecule has 0 bridgehead atoms. The molecule has 0 radical (unpaired) electrons. The van der Waals surface area contributed by atoms with Gasteiger partial charge in [0.2, 0.25) is 0 Å². The van der Waals surface area contributed by atoms with Gasteiger partial charge in [-0.2, -0.15) is 0 Å². The number of ether oxygens (including phenoxy) is 1. The van der Waals surface area contributed by atoms with Crippen LogP contribution in [0.4, 0.5) is 0 Å². The molecule has 0 aliphatic rings. The number of nitrogens with zero attached hydrogens (tertiary/aromatic N) is 1. The molecule has 1 aromatic carbocycles. The molecule has 2 aromatic rings. The third-order valence-corrected chi connectivity index (χ3v) is 3.09. The third kappa shape index (κ3) is 3.13. The number of pyridine rings is 1. The molecule has 0 unspecified atom stereocenters. The van der Waals surface area contributed by atoms with Crippen molar-refractivity contribution in [2.24, 2.45) is 5.73 Å². The molecule has 0 aliphatic carbocycles. The van der Waals surface area contributed by atoms with Crippen LogP contribution in [0.5, 0.6) is 11.5 Å². The highest BCUT2D eigenvalue weighted by Crippen LogP contribution is 2.29. The Balaban J connectivity index is 2.15. The van der Waals surface area contributed by atoms with Gasteiger partial charge in [0.15, 0.2) is 0 Å². The second kappa shape index (κ2) is 5.57. The number of aromatic nitrogens is 1. The first-order valence-electron chi connectivity index (χ1n) is 5.40. The van der Waals surface area contributed by atoms with Crippen LogP contribution in [-0.2, 0) is 0 Å². The van der Waals surface area contributed by atoms with Crippen LogP contribution in [0.15, 0.2) is 36.5 Å². The van der Waals surface area contributed by atoms with Crippen molar-refractivity contribution in [1.29, 1.82) is 0 Å². The molecular weight excluding hydrogens is 271 g/mol. The molecule has 0 amide bonds. The largest absolute Gasteiger partial charge is 0.456 e. The zero-order valence-corrected chi connectivity index (χ0v) is 11.2. The van der Waals surface area contributed by atoms with E-state index in [4.69, 9.17) is 33.7 Å². The summed E-state index contributed by atoms with van der Waals surface area (Å²) in [6.07, 6.45) is 1.63. The van der Waals surface area contributed by atoms with E-state index in [1.54, 1.807) is 24.4 Å². The van der Waals surface area contributed by atoms with Crippen LogP contribution < -0.4 is 10.5 Å². The average molecular weight is 283 g/mol. The maximum Gasteiger partial charge on any atom is 0.145 e. The summed E-state index contributed by atoms with van der Waals surface area (Å²) in [5, 5.41) is 0.948. The Kier molecular flexibility index (Phi) is 4.07. The van der Waals surface area contributed by atoms with Crippen LogP contribution in [-0.4, -0.2) is 4.98 Å². The Labute approximate surface area is 115 Å². The van der Waals surface area contributed by atoms with E-state index in [9.17, 15) is 0 Å². The van der Waals surface area contributed by atoms with Gasteiger partial charge in [-0.05, 0) is 31.2 Å². The first-order valence-corrected chi connectivity index (χ1v) is 6.16. The minimum atomic E-state index is -0.0935. The highest BCUT2D eigenvalue weighted by molar-refractivity contribution is 6.42. The SMILES string of the molecule is C[C@H](N)c1ccc(Oc2ccc(Cl)c(Cl)c2)cn1. The van der Waals surface area contributed by atoms with Crippen molar-refractivity contribution in [2.75, 3.05) is 0 Å². The van der Waals surface area contributed by atoms with Gasteiger partial charge in [-0.15, -0.1) is 0 Å². The van der Waals surface area contributed by atoms with E-state index >= 15 is 0 Å². The summed E-state index contributed by atoms with van der Waals surface area (Å²) in [6.45, 7) is 1.88. The fourth-order valence-corrected chi connectivity index (χ4v) is 1.69. The summed E-state index contributed by atoms with van der Waals surface area (Å²) in [5.41, 5.74) is 6.53. The Morgan fingerprint density at radius 3 is 2.39 bits per heavy atom. The number of hydrogen-bond acceptors (Lipinski definition) is 3. The first-order chi connectivity index (χ1) is 8.56. The topological polar surface area (TPSA) is 48.1 Å². The monoisotopic (exact) mass is 282 g/mol. The van der Waals surface area contributed by atoms with E-state index in [0.29, 0.717) is 21.5 Å². The minimum absolute atomic E-state index is 0.0935. The normalized spacial score (nSPS) is 12.2. The number of nitrogens with two attached hydrogens (primary N) is 1. The van der Waals surface area contributed by atoms with E-state index in [1.165, 1.54) is 0 Å². The minimum Gasteiger partial charge on any atom is -0.456 e. The highest BCUT2D eigenvalue weighted by Gasteiger charge is 2.04. The second-order valence-electron chi connectivity index (χ2n) is 3.89. The molecule has 94 valence electrons. The third-order valence-electron chi connectivity index (χ3n) is 2.35. The van der Waals surface area contributed by atoms with Gasteiger partial charge in [0.05, 0.1) is 21.9 Å². The van der Waals surface area contributed by atoms with Gasteiger partial charge in [-0.25, -0.2) is 0 Å². The van der Waals surface area contributed by atoms with E-state index in [0.717, 1.165) is 5.69 Å². The maximum absolute atomic E-state index is 5.90. The number of hydrogen-bond donors (Lipinski definition) is 1. The van der Waals surface area contributed by atoms with Crippen molar-refractivity contribution in [2.45, 2.75) is 13.0 Å². The van der Waals surface area contributed by atoms with E-state index in [-0.39, 0.29) is 6.04 Å². The molecule has 1 heterocycles. The molecule has 2 N–H and O–H groups in total. The Morgan fingerprint density at radius 1 is 1.11 bits per heavy atom. The van der Waals surface area contributed by atoms with Gasteiger partial charge >= 0.3 is 0 Å². The average Bonchev–Trinajstić information content (AvgIpc) is 2.34. The number of halogens is 2. The molecule has 18 heavy (non-hydrogen) atoms. The maximum atomic E-state index is 5.90. The second-order valence-corrected chi connectivity index (χ2v) is 4.70. The Bertz CT molecular complexity index is 541. The fraction of sp³-hybridized carbons (Fsp3) is 0.154. The van der Waals surface area contributed by atoms with Crippen LogP contribution in [0.25, 0.3) is 0 Å². The Hall–Kier alpha value is -1.29. The summed E-state index contributed by atoms with van der Waals surface area (Å²) in [5.74, 6) is 1.23. The predicted octanol–water partition coefficient (Wildman–Crippen LogP) is 4.20. The first kappa shape index (κ1) is 13.1. The number of benzene rings is 1. The van der Waals surface area contributed by atoms with E-state index in [2.05, 4.69) is 4.98 Å². The molecule has 3 nitrogen and oxygen atoms in total. The van der Waals surface area contributed by atoms with Crippen molar-refractivity contribution in [1.82, 2.24) is 4.98 Å². The van der Waals surface area contributed by atoms with Gasteiger partial charge in [-0.3, -0.25) is 4.98 Å². The van der Waals surface area contributed by atoms with Crippen LogP contribution >= 0.6 is 23.2 Å². The molecule has 0 saturated carbocycles. The van der Waals surface area contributed by atoms with E-state index < -0.39 is 0 Å². The zero-order valence-electron chi connectivity index (χ0n) is 9.73. The molecule has 0 aliphatic heterocycles. The molecule has 0 spiro atoms. The summed E-state index contributed by atoms with van der Waals surface area (Å²) in [7, 11) is 0. The molecule has 1 atom stereocenters. The lowest BCUT2D eigenvalue weighted by atomic mass is 10.2. The lowest BCUT2D eigenvalue weighted by molar-refractivity contribution is 0.479. The fourth-order valence-electron chi connectivity index (χ4n) is 1.40. The molecular formula is C13H12Cl2N2O. The van der Waals surface area contributed by atoms with Gasteiger partial charge < -0.3 is 10.5 Å². The lowest BCUT2D eigenvalue weighted by Gasteiger charge is -2.08. The van der Waals surface area contributed by atoms with E-state index in [1.807, 2.05) is 19.1 Å². The molecule has 5 heteroatoms.